The molecule has 0 saturated carbocycles. The molecule has 0 spiro atoms. The van der Waals surface area contributed by atoms with Crippen molar-refractivity contribution in [3.8, 4) is 5.75 Å². The number of rotatable bonds is 8. The van der Waals surface area contributed by atoms with Crippen molar-refractivity contribution in [1.82, 2.24) is 4.90 Å². The summed E-state index contributed by atoms with van der Waals surface area (Å²) in [7, 11) is 0. The van der Waals surface area contributed by atoms with Crippen molar-refractivity contribution < 1.29 is 19.4 Å². The fourth-order valence-electron chi connectivity index (χ4n) is 3.14. The molecule has 1 aromatic rings. The molecule has 1 fully saturated rings. The Morgan fingerprint density at radius 2 is 2.08 bits per heavy atom. The van der Waals surface area contributed by atoms with Crippen molar-refractivity contribution >= 4 is 11.9 Å². The van der Waals surface area contributed by atoms with Crippen molar-refractivity contribution in [3.05, 3.63) is 29.3 Å². The van der Waals surface area contributed by atoms with Gasteiger partial charge in [-0.3, -0.25) is 9.59 Å². The molecular formula is C19H27NO4. The van der Waals surface area contributed by atoms with Gasteiger partial charge >= 0.3 is 5.97 Å². The van der Waals surface area contributed by atoms with Crippen molar-refractivity contribution in [2.24, 2.45) is 0 Å². The molecule has 1 aromatic carbocycles. The van der Waals surface area contributed by atoms with Crippen LogP contribution in [0, 0.1) is 13.8 Å². The molecule has 5 heteroatoms. The number of benzene rings is 1. The van der Waals surface area contributed by atoms with Crippen LogP contribution in [0.25, 0.3) is 0 Å². The van der Waals surface area contributed by atoms with Gasteiger partial charge in [-0.1, -0.05) is 12.1 Å². The topological polar surface area (TPSA) is 66.8 Å². The number of nitrogens with zero attached hydrogens (tertiary/aromatic N) is 1. The number of carbonyl (C=O) groups is 2. The summed E-state index contributed by atoms with van der Waals surface area (Å²) in [6.07, 6.45) is 3.80. The maximum atomic E-state index is 12.3. The predicted octanol–water partition coefficient (Wildman–Crippen LogP) is 3.32. The zero-order chi connectivity index (χ0) is 17.5. The Balaban J connectivity index is 1.69. The van der Waals surface area contributed by atoms with E-state index in [1.165, 1.54) is 5.56 Å². The number of hydrogen-bond donors (Lipinski definition) is 1. The number of carboxylic acids is 1. The van der Waals surface area contributed by atoms with Crippen LogP contribution in [0.5, 0.6) is 5.75 Å². The second kappa shape index (κ2) is 8.71. The van der Waals surface area contributed by atoms with Crippen molar-refractivity contribution in [2.75, 3.05) is 13.2 Å². The summed E-state index contributed by atoms with van der Waals surface area (Å²) >= 11 is 0. The zero-order valence-electron chi connectivity index (χ0n) is 14.6. The van der Waals surface area contributed by atoms with E-state index in [2.05, 4.69) is 6.07 Å². The Bertz CT molecular complexity index is 585. The molecular weight excluding hydrogens is 306 g/mol. The molecule has 24 heavy (non-hydrogen) atoms. The Hall–Kier alpha value is -2.04. The summed E-state index contributed by atoms with van der Waals surface area (Å²) in [6.45, 7) is 5.34. The first-order valence-corrected chi connectivity index (χ1v) is 8.68. The van der Waals surface area contributed by atoms with Gasteiger partial charge in [-0.05, 0) is 56.7 Å². The number of likely N-dealkylation sites (tertiary alicyclic amines) is 1. The summed E-state index contributed by atoms with van der Waals surface area (Å²) in [6, 6.07) is 6.01. The summed E-state index contributed by atoms with van der Waals surface area (Å²) < 4.78 is 5.80. The zero-order valence-corrected chi connectivity index (χ0v) is 14.6. The Morgan fingerprint density at radius 1 is 1.29 bits per heavy atom. The van der Waals surface area contributed by atoms with Crippen LogP contribution in [0.2, 0.25) is 0 Å². The maximum absolute atomic E-state index is 12.3. The van der Waals surface area contributed by atoms with Crippen LogP contribution in [0.4, 0.5) is 0 Å². The highest BCUT2D eigenvalue weighted by atomic mass is 16.5. The number of carbonyl (C=O) groups excluding carboxylic acids is 1. The van der Waals surface area contributed by atoms with E-state index in [0.717, 1.165) is 37.0 Å². The lowest BCUT2D eigenvalue weighted by Gasteiger charge is -2.23. The SMILES string of the molecule is Cc1ccc(C)c(OCCCCC(=O)N2CCCC2CC(=O)O)c1. The number of ether oxygens (including phenoxy) is 1. The van der Waals surface area contributed by atoms with Gasteiger partial charge < -0.3 is 14.7 Å². The van der Waals surface area contributed by atoms with Crippen molar-refractivity contribution in [1.29, 1.82) is 0 Å². The van der Waals surface area contributed by atoms with E-state index in [4.69, 9.17) is 9.84 Å². The van der Waals surface area contributed by atoms with Crippen LogP contribution in [0.3, 0.4) is 0 Å². The van der Waals surface area contributed by atoms with E-state index in [1.807, 2.05) is 26.0 Å². The van der Waals surface area contributed by atoms with E-state index in [-0.39, 0.29) is 18.4 Å². The fraction of sp³-hybridized carbons (Fsp3) is 0.579. The molecule has 0 aromatic heterocycles. The lowest BCUT2D eigenvalue weighted by Crippen LogP contribution is -2.36. The van der Waals surface area contributed by atoms with Gasteiger partial charge in [0.2, 0.25) is 5.91 Å². The molecule has 132 valence electrons. The monoisotopic (exact) mass is 333 g/mol. The summed E-state index contributed by atoms with van der Waals surface area (Å²) in [5, 5.41) is 8.92. The minimum atomic E-state index is -0.832. The van der Waals surface area contributed by atoms with E-state index in [9.17, 15) is 9.59 Å². The highest BCUT2D eigenvalue weighted by molar-refractivity contribution is 5.78. The van der Waals surface area contributed by atoms with Crippen LogP contribution in [-0.4, -0.2) is 41.1 Å². The number of aryl methyl sites for hydroxylation is 2. The molecule has 5 nitrogen and oxygen atoms in total. The number of aliphatic carboxylic acids is 1. The standard InChI is InChI=1S/C19H27NO4/c1-14-8-9-15(2)17(12-14)24-11-4-3-7-18(21)20-10-5-6-16(20)13-19(22)23/h8-9,12,16H,3-7,10-11,13H2,1-2H3,(H,22,23). The first-order chi connectivity index (χ1) is 11.5. The lowest BCUT2D eigenvalue weighted by atomic mass is 10.1. The van der Waals surface area contributed by atoms with Gasteiger partial charge in [0, 0.05) is 19.0 Å². The third kappa shape index (κ3) is 5.25. The molecule has 2 rings (SSSR count). The lowest BCUT2D eigenvalue weighted by molar-refractivity contribution is -0.139. The fourth-order valence-corrected chi connectivity index (χ4v) is 3.14. The van der Waals surface area contributed by atoms with E-state index >= 15 is 0 Å². The van der Waals surface area contributed by atoms with Crippen LogP contribution >= 0.6 is 0 Å². The predicted molar refractivity (Wildman–Crippen MR) is 92.2 cm³/mol. The smallest absolute Gasteiger partial charge is 0.305 e. The van der Waals surface area contributed by atoms with Crippen molar-refractivity contribution in [3.63, 3.8) is 0 Å². The molecule has 0 aliphatic carbocycles. The van der Waals surface area contributed by atoms with Crippen LogP contribution in [-0.2, 0) is 9.59 Å². The molecule has 1 saturated heterocycles. The molecule has 1 aliphatic rings. The summed E-state index contributed by atoms with van der Waals surface area (Å²) in [5.74, 6) is 0.148. The largest absolute Gasteiger partial charge is 0.493 e. The van der Waals surface area contributed by atoms with Gasteiger partial charge in [0.25, 0.3) is 0 Å². The number of hydrogen-bond acceptors (Lipinski definition) is 3. The third-order valence-corrected chi connectivity index (χ3v) is 4.49. The third-order valence-electron chi connectivity index (χ3n) is 4.49. The van der Waals surface area contributed by atoms with Gasteiger partial charge in [0.15, 0.2) is 0 Å². The second-order valence-electron chi connectivity index (χ2n) is 6.56. The first-order valence-electron chi connectivity index (χ1n) is 8.68. The van der Waals surface area contributed by atoms with Gasteiger partial charge in [0.05, 0.1) is 13.0 Å². The Kier molecular flexibility index (Phi) is 6.64. The molecule has 0 radical (unpaired) electrons. The molecule has 1 atom stereocenters. The number of unbranched alkanes of at least 4 members (excludes halogenated alkanes) is 1. The van der Waals surface area contributed by atoms with Crippen LogP contribution < -0.4 is 4.74 Å². The quantitative estimate of drug-likeness (QED) is 0.741. The maximum Gasteiger partial charge on any atom is 0.305 e. The number of carboxylic acid groups (broad SMARTS) is 1. The highest BCUT2D eigenvalue weighted by Gasteiger charge is 2.29. The van der Waals surface area contributed by atoms with Gasteiger partial charge in [0.1, 0.15) is 5.75 Å². The average molecular weight is 333 g/mol. The van der Waals surface area contributed by atoms with Crippen LogP contribution in [0.15, 0.2) is 18.2 Å². The Morgan fingerprint density at radius 3 is 2.83 bits per heavy atom. The Labute approximate surface area is 143 Å². The first kappa shape index (κ1) is 18.3. The minimum absolute atomic E-state index is 0.0570. The van der Waals surface area contributed by atoms with E-state index in [1.54, 1.807) is 4.90 Å². The second-order valence-corrected chi connectivity index (χ2v) is 6.56. The molecule has 1 N–H and O–H groups in total. The molecule has 1 aliphatic heterocycles. The van der Waals surface area contributed by atoms with E-state index in [0.29, 0.717) is 19.6 Å². The van der Waals surface area contributed by atoms with Gasteiger partial charge in [-0.2, -0.15) is 0 Å². The molecule has 0 bridgehead atoms. The summed E-state index contributed by atoms with van der Waals surface area (Å²) in [4.78, 5) is 24.9. The van der Waals surface area contributed by atoms with Crippen molar-refractivity contribution in [2.45, 2.75) is 58.4 Å². The summed E-state index contributed by atoms with van der Waals surface area (Å²) in [5.41, 5.74) is 2.29. The van der Waals surface area contributed by atoms with E-state index < -0.39 is 5.97 Å². The van der Waals surface area contributed by atoms with Gasteiger partial charge in [-0.25, -0.2) is 0 Å². The number of amides is 1. The highest BCUT2D eigenvalue weighted by Crippen LogP contribution is 2.22. The van der Waals surface area contributed by atoms with Crippen LogP contribution in [0.1, 0.15) is 49.7 Å². The van der Waals surface area contributed by atoms with Gasteiger partial charge in [-0.15, -0.1) is 0 Å². The minimum Gasteiger partial charge on any atom is -0.493 e. The average Bonchev–Trinajstić information content (AvgIpc) is 2.97. The molecule has 1 heterocycles. The molecule has 1 amide bonds. The normalized spacial score (nSPS) is 17.1. The molecule has 1 unspecified atom stereocenters.